The van der Waals surface area contributed by atoms with E-state index < -0.39 is 11.9 Å². The van der Waals surface area contributed by atoms with Crippen molar-refractivity contribution in [1.29, 1.82) is 0 Å². The fraction of sp³-hybridized carbons (Fsp3) is 0.133. The molecule has 0 fully saturated rings. The van der Waals surface area contributed by atoms with Crippen molar-refractivity contribution in [3.8, 4) is 11.5 Å². The van der Waals surface area contributed by atoms with E-state index >= 15 is 0 Å². The molecular weight excluding hydrogens is 336 g/mol. The zero-order chi connectivity index (χ0) is 14.8. The van der Waals surface area contributed by atoms with Gasteiger partial charge in [0.25, 0.3) is 0 Å². The molecule has 1 heterocycles. The van der Waals surface area contributed by atoms with Gasteiger partial charge in [-0.3, -0.25) is 4.79 Å². The fourth-order valence-electron chi connectivity index (χ4n) is 2.17. The number of para-hydroxylation sites is 1. The third-order valence-electron chi connectivity index (χ3n) is 3.15. The van der Waals surface area contributed by atoms with Crippen molar-refractivity contribution in [2.45, 2.75) is 6.04 Å². The van der Waals surface area contributed by atoms with Crippen LogP contribution in [0.15, 0.2) is 46.9 Å². The van der Waals surface area contributed by atoms with E-state index in [1.54, 1.807) is 12.1 Å². The molecule has 0 aliphatic carbocycles. The number of carbonyl (C=O) groups excluding carboxylic acids is 1. The van der Waals surface area contributed by atoms with Crippen LogP contribution in [0.3, 0.4) is 0 Å². The van der Waals surface area contributed by atoms with Crippen molar-refractivity contribution in [3.05, 3.63) is 52.5 Å². The number of carbonyl (C=O) groups is 1. The summed E-state index contributed by atoms with van der Waals surface area (Å²) >= 11 is 3.42. The number of benzene rings is 2. The molecule has 5 nitrogen and oxygen atoms in total. The Bertz CT molecular complexity index is 676. The molecule has 2 aromatic rings. The number of anilines is 1. The largest absolute Gasteiger partial charge is 0.454 e. The molecule has 0 saturated carbocycles. The summed E-state index contributed by atoms with van der Waals surface area (Å²) in [6.45, 7) is 0.171. The van der Waals surface area contributed by atoms with Crippen LogP contribution in [0.2, 0.25) is 0 Å². The molecule has 0 saturated heterocycles. The molecule has 21 heavy (non-hydrogen) atoms. The Morgan fingerprint density at radius 2 is 2.00 bits per heavy atom. The van der Waals surface area contributed by atoms with Crippen molar-refractivity contribution in [3.63, 3.8) is 0 Å². The maximum Gasteiger partial charge on any atom is 0.244 e. The number of hydrogen-bond acceptors (Lipinski definition) is 4. The summed E-state index contributed by atoms with van der Waals surface area (Å²) < 4.78 is 11.4. The normalized spacial score (nSPS) is 13.8. The van der Waals surface area contributed by atoms with E-state index in [-0.39, 0.29) is 6.79 Å². The van der Waals surface area contributed by atoms with Crippen LogP contribution in [0.25, 0.3) is 0 Å². The first kappa shape index (κ1) is 13.8. The average Bonchev–Trinajstić information content (AvgIpc) is 2.94. The smallest absolute Gasteiger partial charge is 0.244 e. The molecule has 1 atom stereocenters. The lowest BCUT2D eigenvalue weighted by atomic mass is 10.1. The Kier molecular flexibility index (Phi) is 3.70. The maximum atomic E-state index is 11.8. The van der Waals surface area contributed by atoms with Gasteiger partial charge in [-0.05, 0) is 45.8 Å². The van der Waals surface area contributed by atoms with Gasteiger partial charge < -0.3 is 20.5 Å². The molecule has 0 radical (unpaired) electrons. The highest BCUT2D eigenvalue weighted by molar-refractivity contribution is 9.10. The molecule has 1 amide bonds. The lowest BCUT2D eigenvalue weighted by molar-refractivity contribution is -0.118. The van der Waals surface area contributed by atoms with Crippen molar-refractivity contribution >= 4 is 27.5 Å². The van der Waals surface area contributed by atoms with Crippen molar-refractivity contribution in [2.24, 2.45) is 5.73 Å². The average molecular weight is 349 g/mol. The number of nitrogens with two attached hydrogens (primary N) is 1. The Morgan fingerprint density at radius 1 is 1.24 bits per heavy atom. The highest BCUT2D eigenvalue weighted by Crippen LogP contribution is 2.41. The molecule has 108 valence electrons. The molecule has 0 aromatic heterocycles. The monoisotopic (exact) mass is 348 g/mol. The number of hydrogen-bond donors (Lipinski definition) is 2. The van der Waals surface area contributed by atoms with Crippen LogP contribution in [0, 0.1) is 0 Å². The van der Waals surface area contributed by atoms with Gasteiger partial charge in [-0.1, -0.05) is 18.2 Å². The summed E-state index contributed by atoms with van der Waals surface area (Å²) in [5, 5.41) is 3.12. The van der Waals surface area contributed by atoms with Crippen molar-refractivity contribution in [2.75, 3.05) is 12.1 Å². The van der Waals surface area contributed by atoms with Gasteiger partial charge in [0.2, 0.25) is 12.7 Å². The molecule has 2 aromatic carbocycles. The zero-order valence-electron chi connectivity index (χ0n) is 11.0. The van der Waals surface area contributed by atoms with Crippen LogP contribution in [-0.2, 0) is 4.79 Å². The van der Waals surface area contributed by atoms with E-state index in [9.17, 15) is 4.79 Å². The number of nitrogens with one attached hydrogen (secondary N) is 1. The first-order chi connectivity index (χ1) is 10.1. The topological polar surface area (TPSA) is 73.6 Å². The van der Waals surface area contributed by atoms with Crippen molar-refractivity contribution in [1.82, 2.24) is 0 Å². The first-order valence-corrected chi connectivity index (χ1v) is 7.14. The number of halogens is 1. The van der Waals surface area contributed by atoms with E-state index in [0.717, 1.165) is 10.2 Å². The molecular formula is C15H13BrN2O3. The number of rotatable bonds is 4. The van der Waals surface area contributed by atoms with Gasteiger partial charge in [0.15, 0.2) is 11.5 Å². The third-order valence-corrected chi connectivity index (χ3v) is 3.74. The second-order valence-electron chi connectivity index (χ2n) is 4.58. The van der Waals surface area contributed by atoms with Crippen LogP contribution in [0.1, 0.15) is 11.6 Å². The molecule has 0 bridgehead atoms. The fourth-order valence-corrected chi connectivity index (χ4v) is 2.75. The molecule has 0 spiro atoms. The van der Waals surface area contributed by atoms with E-state index in [1.807, 2.05) is 30.3 Å². The highest BCUT2D eigenvalue weighted by atomic mass is 79.9. The second-order valence-corrected chi connectivity index (χ2v) is 5.44. The Morgan fingerprint density at radius 3 is 2.71 bits per heavy atom. The Hall–Kier alpha value is -2.21. The predicted octanol–water partition coefficient (Wildman–Crippen LogP) is 2.82. The minimum absolute atomic E-state index is 0.171. The van der Waals surface area contributed by atoms with Crippen LogP contribution >= 0.6 is 15.9 Å². The molecule has 3 rings (SSSR count). The quantitative estimate of drug-likeness (QED) is 0.890. The summed E-state index contributed by atoms with van der Waals surface area (Å²) in [5.41, 5.74) is 7.05. The van der Waals surface area contributed by atoms with Gasteiger partial charge in [-0.15, -0.1) is 0 Å². The lowest BCUT2D eigenvalue weighted by Gasteiger charge is -2.18. The van der Waals surface area contributed by atoms with Gasteiger partial charge in [0.05, 0.1) is 4.47 Å². The molecule has 6 heteroatoms. The predicted molar refractivity (Wildman–Crippen MR) is 82.3 cm³/mol. The van der Waals surface area contributed by atoms with Crippen LogP contribution in [-0.4, -0.2) is 12.7 Å². The number of fused-ring (bicyclic) bond motifs is 1. The number of amides is 1. The van der Waals surface area contributed by atoms with E-state index in [0.29, 0.717) is 17.1 Å². The van der Waals surface area contributed by atoms with Crippen LogP contribution < -0.4 is 20.5 Å². The van der Waals surface area contributed by atoms with E-state index in [1.165, 1.54) is 0 Å². The van der Waals surface area contributed by atoms with E-state index in [2.05, 4.69) is 21.2 Å². The summed E-state index contributed by atoms with van der Waals surface area (Å²) in [5.74, 6) is 0.770. The zero-order valence-corrected chi connectivity index (χ0v) is 12.6. The molecule has 1 unspecified atom stereocenters. The van der Waals surface area contributed by atoms with Crippen molar-refractivity contribution < 1.29 is 14.3 Å². The second kappa shape index (κ2) is 5.65. The Balaban J connectivity index is 1.95. The summed E-state index contributed by atoms with van der Waals surface area (Å²) in [4.78, 5) is 11.8. The van der Waals surface area contributed by atoms with Crippen LogP contribution in [0.4, 0.5) is 5.69 Å². The summed E-state index contributed by atoms with van der Waals surface area (Å²) in [7, 11) is 0. The van der Waals surface area contributed by atoms with Gasteiger partial charge in [-0.2, -0.15) is 0 Å². The summed E-state index contributed by atoms with van der Waals surface area (Å²) in [6, 6.07) is 12.3. The maximum absolute atomic E-state index is 11.8. The number of ether oxygens (including phenoxy) is 2. The van der Waals surface area contributed by atoms with Crippen LogP contribution in [0.5, 0.6) is 11.5 Å². The molecule has 1 aliphatic rings. The lowest BCUT2D eigenvalue weighted by Crippen LogP contribution is -2.27. The van der Waals surface area contributed by atoms with Gasteiger partial charge in [0.1, 0.15) is 6.04 Å². The first-order valence-electron chi connectivity index (χ1n) is 6.35. The van der Waals surface area contributed by atoms with E-state index in [4.69, 9.17) is 15.2 Å². The highest BCUT2D eigenvalue weighted by Gasteiger charge is 2.24. The number of primary amides is 1. The minimum atomic E-state index is -0.654. The molecule has 3 N–H and O–H groups in total. The Labute approximate surface area is 130 Å². The van der Waals surface area contributed by atoms with Gasteiger partial charge in [0, 0.05) is 5.69 Å². The van der Waals surface area contributed by atoms with Gasteiger partial charge >= 0.3 is 0 Å². The third kappa shape index (κ3) is 2.80. The summed E-state index contributed by atoms with van der Waals surface area (Å²) in [6.07, 6.45) is 0. The SMILES string of the molecule is NC(=O)C(Nc1ccccc1)c1cc(Br)c2c(c1)OCO2. The van der Waals surface area contributed by atoms with Gasteiger partial charge in [-0.25, -0.2) is 0 Å². The minimum Gasteiger partial charge on any atom is -0.454 e. The standard InChI is InChI=1S/C15H13BrN2O3/c16-11-6-9(7-12-14(11)21-8-20-12)13(15(17)19)18-10-4-2-1-3-5-10/h1-7,13,18H,8H2,(H2,17,19). The molecule has 1 aliphatic heterocycles.